The summed E-state index contributed by atoms with van der Waals surface area (Å²) in [6, 6.07) is 0. The van der Waals surface area contributed by atoms with E-state index in [0.717, 1.165) is 15.9 Å². The third-order valence-electron chi connectivity index (χ3n) is 2.67. The van der Waals surface area contributed by atoms with Crippen LogP contribution in [0.15, 0.2) is 4.47 Å². The number of carbonyl (C=O) groups is 1. The Kier molecular flexibility index (Phi) is 5.10. The Labute approximate surface area is 117 Å². The quantitative estimate of drug-likeness (QED) is 0.890. The lowest BCUT2D eigenvalue weighted by Crippen LogP contribution is -2.32. The predicted molar refractivity (Wildman–Crippen MR) is 73.8 cm³/mol. The van der Waals surface area contributed by atoms with Crippen molar-refractivity contribution in [3.63, 3.8) is 0 Å². The van der Waals surface area contributed by atoms with Crippen molar-refractivity contribution in [1.82, 2.24) is 9.78 Å². The Bertz CT molecular complexity index is 485. The van der Waals surface area contributed by atoms with Crippen molar-refractivity contribution in [2.45, 2.75) is 31.8 Å². The first-order valence-electron chi connectivity index (χ1n) is 5.53. The molecule has 7 heteroatoms. The molecule has 5 nitrogen and oxygen atoms in total. The molecule has 0 bridgehead atoms. The zero-order valence-corrected chi connectivity index (χ0v) is 13.2. The number of nitrogens with zero attached hydrogens (tertiary/aromatic N) is 2. The molecule has 2 atom stereocenters. The summed E-state index contributed by atoms with van der Waals surface area (Å²) in [4.78, 5) is 11.1. The van der Waals surface area contributed by atoms with Crippen molar-refractivity contribution in [2.75, 3.05) is 0 Å². The van der Waals surface area contributed by atoms with Gasteiger partial charge in [0, 0.05) is 17.8 Å². The zero-order chi connectivity index (χ0) is 14.0. The van der Waals surface area contributed by atoms with Crippen molar-refractivity contribution in [3.8, 4) is 0 Å². The highest BCUT2D eigenvalue weighted by Gasteiger charge is 2.29. The molecule has 1 aromatic rings. The van der Waals surface area contributed by atoms with E-state index in [4.69, 9.17) is 5.11 Å². The molecule has 102 valence electrons. The van der Waals surface area contributed by atoms with E-state index in [-0.39, 0.29) is 11.7 Å². The van der Waals surface area contributed by atoms with Crippen LogP contribution in [0.25, 0.3) is 0 Å². The van der Waals surface area contributed by atoms with E-state index < -0.39 is 22.0 Å². The van der Waals surface area contributed by atoms with Gasteiger partial charge in [-0.2, -0.15) is 5.10 Å². The second-order valence-electron chi connectivity index (χ2n) is 4.50. The smallest absolute Gasteiger partial charge is 0.319 e. The van der Waals surface area contributed by atoms with Crippen LogP contribution in [0, 0.1) is 12.8 Å². The van der Waals surface area contributed by atoms with Crippen molar-refractivity contribution >= 4 is 32.7 Å². The Morgan fingerprint density at radius 2 is 2.11 bits per heavy atom. The van der Waals surface area contributed by atoms with Crippen molar-refractivity contribution in [1.29, 1.82) is 0 Å². The summed E-state index contributed by atoms with van der Waals surface area (Å²) in [7, 11) is 0.293. The van der Waals surface area contributed by atoms with Gasteiger partial charge in [0.2, 0.25) is 0 Å². The minimum atomic E-state index is -1.47. The van der Waals surface area contributed by atoms with Gasteiger partial charge in [-0.1, -0.05) is 13.8 Å². The molecule has 0 aliphatic carbocycles. The molecule has 0 spiro atoms. The Balaban J connectivity index is 2.96. The van der Waals surface area contributed by atoms with Crippen LogP contribution in [-0.4, -0.2) is 30.3 Å². The van der Waals surface area contributed by atoms with Crippen LogP contribution in [0.2, 0.25) is 0 Å². The number of aliphatic carboxylic acids is 1. The van der Waals surface area contributed by atoms with Crippen molar-refractivity contribution in [3.05, 3.63) is 15.9 Å². The van der Waals surface area contributed by atoms with Gasteiger partial charge in [0.15, 0.2) is 0 Å². The number of hydrogen-bond donors (Lipinski definition) is 1. The number of aromatic nitrogens is 2. The second kappa shape index (κ2) is 5.97. The maximum Gasteiger partial charge on any atom is 0.319 e. The lowest BCUT2D eigenvalue weighted by molar-refractivity contribution is -0.137. The van der Waals surface area contributed by atoms with Gasteiger partial charge in [-0.3, -0.25) is 13.7 Å². The Morgan fingerprint density at radius 3 is 2.44 bits per heavy atom. The minimum absolute atomic E-state index is 0.170. The summed E-state index contributed by atoms with van der Waals surface area (Å²) < 4.78 is 14.6. The zero-order valence-electron chi connectivity index (χ0n) is 10.8. The topological polar surface area (TPSA) is 72.2 Å². The molecule has 0 saturated heterocycles. The van der Waals surface area contributed by atoms with Gasteiger partial charge >= 0.3 is 5.97 Å². The van der Waals surface area contributed by atoms with Crippen LogP contribution in [0.5, 0.6) is 0 Å². The number of aryl methyl sites for hydroxylation is 2. The highest BCUT2D eigenvalue weighted by Crippen LogP contribution is 2.23. The first-order valence-corrected chi connectivity index (χ1v) is 7.71. The number of hydrogen-bond acceptors (Lipinski definition) is 3. The van der Waals surface area contributed by atoms with Crippen molar-refractivity contribution < 1.29 is 14.1 Å². The maximum atomic E-state index is 12.2. The van der Waals surface area contributed by atoms with Crippen molar-refractivity contribution in [2.24, 2.45) is 13.0 Å². The molecule has 1 N–H and O–H groups in total. The fourth-order valence-corrected chi connectivity index (χ4v) is 4.04. The number of rotatable bonds is 5. The third kappa shape index (κ3) is 3.20. The fourth-order valence-electron chi connectivity index (χ4n) is 1.76. The average Bonchev–Trinajstić information content (AvgIpc) is 2.44. The van der Waals surface area contributed by atoms with Crippen LogP contribution in [0.3, 0.4) is 0 Å². The van der Waals surface area contributed by atoms with E-state index in [1.165, 1.54) is 0 Å². The molecule has 0 saturated carbocycles. The van der Waals surface area contributed by atoms with Gasteiger partial charge in [-0.25, -0.2) is 0 Å². The summed E-state index contributed by atoms with van der Waals surface area (Å²) in [6.45, 7) is 5.37. The standard InChI is InChI=1S/C11H17BrN2O3S/c1-6(2)10(11(15)16)18(17)5-8-9(12)7(3)13-14(8)4/h6,10H,5H2,1-4H3,(H,15,16). The van der Waals surface area contributed by atoms with E-state index >= 15 is 0 Å². The van der Waals surface area contributed by atoms with Gasteiger partial charge < -0.3 is 5.11 Å². The number of halogens is 1. The monoisotopic (exact) mass is 336 g/mol. The maximum absolute atomic E-state index is 12.2. The SMILES string of the molecule is Cc1nn(C)c(CS(=O)C(C(=O)O)C(C)C)c1Br. The number of carboxylic acid groups (broad SMARTS) is 1. The van der Waals surface area contributed by atoms with Crippen LogP contribution >= 0.6 is 15.9 Å². The summed E-state index contributed by atoms with van der Waals surface area (Å²) in [5.41, 5.74) is 1.57. The van der Waals surface area contributed by atoms with E-state index in [1.54, 1.807) is 25.6 Å². The second-order valence-corrected chi connectivity index (χ2v) is 6.85. The Hall–Kier alpha value is -0.690. The van der Waals surface area contributed by atoms with E-state index in [9.17, 15) is 9.00 Å². The third-order valence-corrected chi connectivity index (χ3v) is 5.57. The summed E-state index contributed by atoms with van der Waals surface area (Å²) >= 11 is 3.39. The van der Waals surface area contributed by atoms with E-state index in [2.05, 4.69) is 21.0 Å². The van der Waals surface area contributed by atoms with Gasteiger partial charge in [0.05, 0.1) is 21.6 Å². The average molecular weight is 337 g/mol. The number of carboxylic acids is 1. The highest BCUT2D eigenvalue weighted by molar-refractivity contribution is 9.10. The summed E-state index contributed by atoms with van der Waals surface area (Å²) in [5, 5.41) is 12.5. The first-order chi connectivity index (χ1) is 8.25. The predicted octanol–water partition coefficient (Wildman–Crippen LogP) is 1.85. The van der Waals surface area contributed by atoms with Gasteiger partial charge in [-0.15, -0.1) is 0 Å². The van der Waals surface area contributed by atoms with E-state index in [0.29, 0.717) is 0 Å². The van der Waals surface area contributed by atoms with E-state index in [1.807, 2.05) is 6.92 Å². The molecule has 2 unspecified atom stereocenters. The molecular weight excluding hydrogens is 320 g/mol. The first kappa shape index (κ1) is 15.4. The van der Waals surface area contributed by atoms with Gasteiger partial charge in [-0.05, 0) is 28.8 Å². The molecule has 0 aromatic carbocycles. The van der Waals surface area contributed by atoms with Crippen LogP contribution in [0.4, 0.5) is 0 Å². The van der Waals surface area contributed by atoms with Gasteiger partial charge in [0.1, 0.15) is 5.25 Å². The lowest BCUT2D eigenvalue weighted by Gasteiger charge is -2.15. The summed E-state index contributed by atoms with van der Waals surface area (Å²) in [5.74, 6) is -0.998. The molecule has 0 amide bonds. The molecule has 0 aliphatic heterocycles. The molecule has 1 aromatic heterocycles. The Morgan fingerprint density at radius 1 is 1.56 bits per heavy atom. The molecule has 0 radical (unpaired) electrons. The normalized spacial score (nSPS) is 14.8. The van der Waals surface area contributed by atoms with Gasteiger partial charge in [0.25, 0.3) is 0 Å². The van der Waals surface area contributed by atoms with Crippen LogP contribution in [0.1, 0.15) is 25.2 Å². The van der Waals surface area contributed by atoms with Crippen LogP contribution < -0.4 is 0 Å². The molecular formula is C11H17BrN2O3S. The van der Waals surface area contributed by atoms with Crippen LogP contribution in [-0.2, 0) is 28.4 Å². The molecule has 18 heavy (non-hydrogen) atoms. The molecule has 1 rings (SSSR count). The largest absolute Gasteiger partial charge is 0.480 e. The molecule has 0 fully saturated rings. The molecule has 0 aliphatic rings. The molecule has 1 heterocycles. The highest BCUT2D eigenvalue weighted by atomic mass is 79.9. The lowest BCUT2D eigenvalue weighted by atomic mass is 10.1. The minimum Gasteiger partial charge on any atom is -0.480 e. The fraction of sp³-hybridized carbons (Fsp3) is 0.636. The summed E-state index contributed by atoms with van der Waals surface area (Å²) in [6.07, 6.45) is 0.